The summed E-state index contributed by atoms with van der Waals surface area (Å²) >= 11 is 12.6. The number of aryl methyl sites for hydroxylation is 1. The van der Waals surface area contributed by atoms with Gasteiger partial charge in [-0.15, -0.1) is 0 Å². The van der Waals surface area contributed by atoms with Crippen molar-refractivity contribution in [3.63, 3.8) is 0 Å². The lowest BCUT2D eigenvalue weighted by Crippen LogP contribution is -2.39. The average molecular weight is 339 g/mol. The zero-order chi connectivity index (χ0) is 15.4. The molecule has 116 valence electrons. The van der Waals surface area contributed by atoms with E-state index >= 15 is 0 Å². The monoisotopic (exact) mass is 338 g/mol. The Morgan fingerprint density at radius 2 is 2.09 bits per heavy atom. The van der Waals surface area contributed by atoms with Crippen LogP contribution in [0.2, 0.25) is 10.4 Å². The quantitative estimate of drug-likeness (QED) is 0.479. The number of halogens is 2. The summed E-state index contributed by atoms with van der Waals surface area (Å²) in [6, 6.07) is 2.22. The highest BCUT2D eigenvalue weighted by Crippen LogP contribution is 2.40. The molecule has 2 aromatic rings. The highest BCUT2D eigenvalue weighted by atomic mass is 35.5. The Kier molecular flexibility index (Phi) is 3.31. The lowest BCUT2D eigenvalue weighted by molar-refractivity contribution is -0.670. The summed E-state index contributed by atoms with van der Waals surface area (Å²) in [4.78, 5) is 6.79. The van der Waals surface area contributed by atoms with Crippen LogP contribution in [0.3, 0.4) is 0 Å². The van der Waals surface area contributed by atoms with Gasteiger partial charge in [-0.25, -0.2) is 4.57 Å². The number of hydrogen-bond acceptors (Lipinski definition) is 3. The van der Waals surface area contributed by atoms with Crippen molar-refractivity contribution in [1.29, 1.82) is 0 Å². The van der Waals surface area contributed by atoms with E-state index in [2.05, 4.69) is 21.0 Å². The molecule has 1 fully saturated rings. The van der Waals surface area contributed by atoms with E-state index in [4.69, 9.17) is 23.2 Å². The van der Waals surface area contributed by atoms with Crippen LogP contribution in [0.25, 0.3) is 0 Å². The molecule has 0 aromatic carbocycles. The second kappa shape index (κ2) is 5.10. The second-order valence-electron chi connectivity index (χ2n) is 6.15. The summed E-state index contributed by atoms with van der Waals surface area (Å²) < 4.78 is 3.71. The first-order valence-corrected chi connectivity index (χ1v) is 8.32. The van der Waals surface area contributed by atoms with Crippen LogP contribution in [0.1, 0.15) is 35.7 Å². The van der Waals surface area contributed by atoms with Crippen LogP contribution in [0.4, 0.5) is 5.82 Å². The van der Waals surface area contributed by atoms with E-state index in [9.17, 15) is 0 Å². The third-order valence-corrected chi connectivity index (χ3v) is 5.38. The van der Waals surface area contributed by atoms with Crippen molar-refractivity contribution in [2.24, 2.45) is 14.1 Å². The van der Waals surface area contributed by atoms with Gasteiger partial charge in [0.25, 0.3) is 0 Å². The Labute approximate surface area is 139 Å². The summed E-state index contributed by atoms with van der Waals surface area (Å²) in [5.74, 6) is 1.82. The number of fused-ring (bicyclic) bond motifs is 1. The van der Waals surface area contributed by atoms with Crippen molar-refractivity contribution in [2.45, 2.75) is 31.7 Å². The molecule has 1 saturated carbocycles. The number of nitrogens with zero attached hydrogens (tertiary/aromatic N) is 5. The SMILES string of the molecule is Cn1nc(C2CC2)cc1N1CCc2nc(Cl)[n+](C)c(Cl)c2C1. The van der Waals surface area contributed by atoms with E-state index < -0.39 is 0 Å². The highest BCUT2D eigenvalue weighted by Gasteiger charge is 2.31. The lowest BCUT2D eigenvalue weighted by Gasteiger charge is -2.28. The zero-order valence-corrected chi connectivity index (χ0v) is 14.2. The van der Waals surface area contributed by atoms with Crippen molar-refractivity contribution >= 4 is 29.0 Å². The molecule has 3 heterocycles. The lowest BCUT2D eigenvalue weighted by atomic mass is 10.1. The average Bonchev–Trinajstić information content (AvgIpc) is 3.28. The molecule has 2 aromatic heterocycles. The molecule has 0 bridgehead atoms. The van der Waals surface area contributed by atoms with E-state index in [0.717, 1.165) is 36.6 Å². The normalized spacial score (nSPS) is 17.7. The fraction of sp³-hybridized carbons (Fsp3) is 0.533. The first kappa shape index (κ1) is 14.3. The minimum Gasteiger partial charge on any atom is -0.352 e. The minimum atomic E-state index is 0.439. The van der Waals surface area contributed by atoms with E-state index in [-0.39, 0.29) is 0 Å². The number of aromatic nitrogens is 4. The van der Waals surface area contributed by atoms with Crippen LogP contribution < -0.4 is 9.47 Å². The fourth-order valence-electron chi connectivity index (χ4n) is 3.08. The Bertz CT molecular complexity index is 751. The van der Waals surface area contributed by atoms with E-state index in [1.807, 2.05) is 18.8 Å². The molecule has 0 saturated heterocycles. The third-order valence-electron chi connectivity index (χ3n) is 4.56. The Morgan fingerprint density at radius 1 is 1.32 bits per heavy atom. The van der Waals surface area contributed by atoms with Crippen molar-refractivity contribution in [3.8, 4) is 0 Å². The fourth-order valence-corrected chi connectivity index (χ4v) is 3.56. The van der Waals surface area contributed by atoms with Gasteiger partial charge in [0.15, 0.2) is 5.69 Å². The molecule has 22 heavy (non-hydrogen) atoms. The van der Waals surface area contributed by atoms with Gasteiger partial charge in [-0.2, -0.15) is 5.10 Å². The standard InChI is InChI=1S/C15H18Cl2N5/c1-20-14(16)10-8-22(6-5-11(10)18-15(20)17)13-7-12(9-3-4-9)19-21(13)2/h7,9H,3-6,8H2,1-2H3/q+1. The molecule has 0 N–H and O–H groups in total. The zero-order valence-electron chi connectivity index (χ0n) is 12.7. The van der Waals surface area contributed by atoms with Crippen molar-refractivity contribution in [3.05, 3.63) is 33.5 Å². The van der Waals surface area contributed by atoms with Gasteiger partial charge in [0.05, 0.1) is 24.8 Å². The van der Waals surface area contributed by atoms with E-state index in [0.29, 0.717) is 16.4 Å². The van der Waals surface area contributed by atoms with Gasteiger partial charge in [-0.05, 0) is 29.4 Å². The number of rotatable bonds is 2. The molecule has 0 radical (unpaired) electrons. The maximum atomic E-state index is 6.46. The topological polar surface area (TPSA) is 37.8 Å². The molecule has 7 heteroatoms. The minimum absolute atomic E-state index is 0.439. The summed E-state index contributed by atoms with van der Waals surface area (Å²) in [6.45, 7) is 1.65. The summed E-state index contributed by atoms with van der Waals surface area (Å²) in [6.07, 6.45) is 3.38. The van der Waals surface area contributed by atoms with Gasteiger partial charge in [0, 0.05) is 43.6 Å². The molecule has 1 aliphatic heterocycles. The molecule has 4 rings (SSSR count). The molecular weight excluding hydrogens is 321 g/mol. The largest absolute Gasteiger partial charge is 0.397 e. The van der Waals surface area contributed by atoms with Gasteiger partial charge in [0.2, 0.25) is 5.15 Å². The number of hydrogen-bond donors (Lipinski definition) is 0. The first-order valence-electron chi connectivity index (χ1n) is 7.56. The van der Waals surface area contributed by atoms with Crippen LogP contribution in [-0.4, -0.2) is 21.3 Å². The van der Waals surface area contributed by atoms with Crippen LogP contribution in [-0.2, 0) is 27.1 Å². The van der Waals surface area contributed by atoms with Crippen molar-refractivity contribution in [1.82, 2.24) is 14.8 Å². The highest BCUT2D eigenvalue weighted by molar-refractivity contribution is 6.30. The van der Waals surface area contributed by atoms with Gasteiger partial charge >= 0.3 is 5.28 Å². The molecular formula is C15H18Cl2N5+. The molecule has 0 unspecified atom stereocenters. The van der Waals surface area contributed by atoms with Gasteiger partial charge in [0.1, 0.15) is 5.82 Å². The smallest absolute Gasteiger partial charge is 0.352 e. The first-order chi connectivity index (χ1) is 10.5. The molecule has 0 spiro atoms. The Balaban J connectivity index is 1.68. The maximum Gasteiger partial charge on any atom is 0.397 e. The Hall–Kier alpha value is -1.33. The third kappa shape index (κ3) is 2.27. The van der Waals surface area contributed by atoms with Gasteiger partial charge in [-0.1, -0.05) is 0 Å². The van der Waals surface area contributed by atoms with Crippen LogP contribution >= 0.6 is 23.2 Å². The molecule has 1 aliphatic carbocycles. The Morgan fingerprint density at radius 3 is 2.82 bits per heavy atom. The summed E-state index contributed by atoms with van der Waals surface area (Å²) in [5, 5.41) is 5.77. The van der Waals surface area contributed by atoms with E-state index in [1.54, 1.807) is 4.57 Å². The second-order valence-corrected chi connectivity index (χ2v) is 6.85. The predicted octanol–water partition coefficient (Wildman–Crippen LogP) is 2.39. The maximum absolute atomic E-state index is 6.46. The van der Waals surface area contributed by atoms with Gasteiger partial charge in [-0.3, -0.25) is 4.68 Å². The van der Waals surface area contributed by atoms with Crippen molar-refractivity contribution in [2.75, 3.05) is 11.4 Å². The van der Waals surface area contributed by atoms with E-state index in [1.165, 1.54) is 18.5 Å². The summed E-state index contributed by atoms with van der Waals surface area (Å²) in [5.41, 5.74) is 3.29. The predicted molar refractivity (Wildman–Crippen MR) is 85.4 cm³/mol. The molecule has 0 atom stereocenters. The van der Waals surface area contributed by atoms with Gasteiger partial charge < -0.3 is 4.90 Å². The molecule has 0 amide bonds. The summed E-state index contributed by atoms with van der Waals surface area (Å²) in [7, 11) is 3.85. The van der Waals surface area contributed by atoms with Crippen molar-refractivity contribution < 1.29 is 4.57 Å². The number of anilines is 1. The van der Waals surface area contributed by atoms with Crippen LogP contribution in [0.5, 0.6) is 0 Å². The van der Waals surface area contributed by atoms with Crippen LogP contribution in [0, 0.1) is 0 Å². The molecule has 5 nitrogen and oxygen atoms in total. The van der Waals surface area contributed by atoms with Crippen LogP contribution in [0.15, 0.2) is 6.07 Å². The molecule has 2 aliphatic rings.